The molecule has 0 saturated heterocycles. The average molecular weight is 426 g/mol. The lowest BCUT2D eigenvalue weighted by Gasteiger charge is -2.06. The van der Waals surface area contributed by atoms with Gasteiger partial charge in [0.05, 0.1) is 11.4 Å². The molecule has 0 saturated carbocycles. The van der Waals surface area contributed by atoms with Gasteiger partial charge in [-0.05, 0) is 31.2 Å². The van der Waals surface area contributed by atoms with Crippen LogP contribution in [0.25, 0.3) is 0 Å². The quantitative estimate of drug-likeness (QED) is 0.670. The summed E-state index contributed by atoms with van der Waals surface area (Å²) in [5, 5.41) is 2.66. The van der Waals surface area contributed by atoms with Gasteiger partial charge in [-0.25, -0.2) is 17.8 Å². The Labute approximate surface area is 164 Å². The van der Waals surface area contributed by atoms with Crippen molar-refractivity contribution < 1.29 is 17.6 Å². The number of hydrogen-bond donors (Lipinski definition) is 1. The fraction of sp³-hybridized carbons (Fsp3) is 0.118. The maximum atomic E-state index is 13.9. The van der Waals surface area contributed by atoms with E-state index in [0.717, 1.165) is 17.4 Å². The monoisotopic (exact) mass is 425 g/mol. The first-order chi connectivity index (χ1) is 12.8. The van der Waals surface area contributed by atoms with Gasteiger partial charge in [-0.2, -0.15) is 0 Å². The summed E-state index contributed by atoms with van der Waals surface area (Å²) in [7, 11) is -3.90. The summed E-state index contributed by atoms with van der Waals surface area (Å²) in [5.41, 5.74) is 0.280. The van der Waals surface area contributed by atoms with E-state index in [-0.39, 0.29) is 31.3 Å². The van der Waals surface area contributed by atoms with Crippen LogP contribution in [-0.4, -0.2) is 24.3 Å². The van der Waals surface area contributed by atoms with Gasteiger partial charge in [0.25, 0.3) is 5.91 Å². The summed E-state index contributed by atoms with van der Waals surface area (Å²) in [4.78, 5) is 20.1. The highest BCUT2D eigenvalue weighted by Crippen LogP contribution is 2.32. The molecule has 1 aromatic carbocycles. The molecule has 27 heavy (non-hydrogen) atoms. The van der Waals surface area contributed by atoms with Gasteiger partial charge in [-0.3, -0.25) is 15.1 Å². The number of nitrogens with one attached hydrogen (secondary N) is 1. The average Bonchev–Trinajstić information content (AvgIpc) is 3.00. The smallest absolute Gasteiger partial charge is 0.276 e. The zero-order valence-corrected chi connectivity index (χ0v) is 16.3. The summed E-state index contributed by atoms with van der Waals surface area (Å²) in [5.74, 6) is -1.81. The van der Waals surface area contributed by atoms with Gasteiger partial charge in [-0.15, -0.1) is 0 Å². The lowest BCUT2D eigenvalue weighted by atomic mass is 10.2. The maximum absolute atomic E-state index is 13.9. The third kappa shape index (κ3) is 4.32. The van der Waals surface area contributed by atoms with Gasteiger partial charge in [0.1, 0.15) is 15.7 Å². The van der Waals surface area contributed by atoms with Crippen LogP contribution in [-0.2, 0) is 15.6 Å². The maximum Gasteiger partial charge on any atom is 0.276 e. The molecule has 0 aliphatic carbocycles. The number of pyridine rings is 1. The molecule has 0 spiro atoms. The second-order valence-corrected chi connectivity index (χ2v) is 9.11. The van der Waals surface area contributed by atoms with E-state index in [1.807, 2.05) is 0 Å². The third-order valence-electron chi connectivity index (χ3n) is 3.55. The van der Waals surface area contributed by atoms with Gasteiger partial charge < -0.3 is 0 Å². The number of benzene rings is 1. The minimum atomic E-state index is -3.90. The molecular formula is C17H13ClFN3O3S2. The van der Waals surface area contributed by atoms with Gasteiger partial charge in [0.15, 0.2) is 15.0 Å². The first-order valence-electron chi connectivity index (χ1n) is 7.63. The van der Waals surface area contributed by atoms with Gasteiger partial charge >= 0.3 is 0 Å². The standard InChI is InChI=1S/C17H13ClFN3O3S2/c1-10-16(27(24,25)9-11-12(18)5-4-6-13(11)19)26-17(21-10)22-15(23)14-7-2-3-8-20-14/h2-8H,9H2,1H3,(H,21,22,23). The Morgan fingerprint density at radius 2 is 2.04 bits per heavy atom. The van der Waals surface area contributed by atoms with Crippen LogP contribution < -0.4 is 5.32 Å². The van der Waals surface area contributed by atoms with E-state index in [1.54, 1.807) is 12.1 Å². The Hall–Kier alpha value is -2.36. The Morgan fingerprint density at radius 3 is 2.70 bits per heavy atom. The number of aromatic nitrogens is 2. The molecule has 2 aromatic heterocycles. The second-order valence-electron chi connectivity index (χ2n) is 5.52. The molecule has 0 fully saturated rings. The summed E-state index contributed by atoms with van der Waals surface area (Å²) in [6, 6.07) is 8.82. The van der Waals surface area contributed by atoms with Gasteiger partial charge in [0.2, 0.25) is 0 Å². The largest absolute Gasteiger partial charge is 0.296 e. The van der Waals surface area contributed by atoms with E-state index in [2.05, 4.69) is 15.3 Å². The van der Waals surface area contributed by atoms with E-state index in [9.17, 15) is 17.6 Å². The van der Waals surface area contributed by atoms with Crippen LogP contribution in [0.15, 0.2) is 46.8 Å². The van der Waals surface area contributed by atoms with Crippen molar-refractivity contribution in [1.82, 2.24) is 9.97 Å². The number of sulfone groups is 1. The lowest BCUT2D eigenvalue weighted by molar-refractivity contribution is 0.102. The summed E-state index contributed by atoms with van der Waals surface area (Å²) >= 11 is 6.72. The van der Waals surface area contributed by atoms with Crippen molar-refractivity contribution >= 4 is 43.8 Å². The number of carbonyl (C=O) groups is 1. The van der Waals surface area contributed by atoms with Crippen LogP contribution in [0.4, 0.5) is 9.52 Å². The van der Waals surface area contributed by atoms with Crippen LogP contribution in [0.2, 0.25) is 5.02 Å². The third-order valence-corrected chi connectivity index (χ3v) is 7.31. The van der Waals surface area contributed by atoms with Crippen molar-refractivity contribution in [2.45, 2.75) is 16.9 Å². The molecule has 0 bridgehead atoms. The Balaban J connectivity index is 1.86. The van der Waals surface area contributed by atoms with E-state index in [1.165, 1.54) is 31.3 Å². The number of thiazole rings is 1. The Kier molecular flexibility index (Phi) is 5.54. The zero-order valence-electron chi connectivity index (χ0n) is 13.9. The molecule has 1 N–H and O–H groups in total. The number of rotatable bonds is 5. The number of nitrogens with zero attached hydrogens (tertiary/aromatic N) is 2. The van der Waals surface area contributed by atoms with Gasteiger partial charge in [0, 0.05) is 16.8 Å². The van der Waals surface area contributed by atoms with Crippen LogP contribution in [0, 0.1) is 12.7 Å². The Morgan fingerprint density at radius 1 is 1.26 bits per heavy atom. The van der Waals surface area contributed by atoms with E-state index < -0.39 is 27.3 Å². The molecule has 0 unspecified atom stereocenters. The molecule has 0 atom stereocenters. The summed E-state index contributed by atoms with van der Waals surface area (Å²) < 4.78 is 39.3. The highest BCUT2D eigenvalue weighted by atomic mass is 35.5. The lowest BCUT2D eigenvalue weighted by Crippen LogP contribution is -2.13. The number of anilines is 1. The van der Waals surface area contributed by atoms with Gasteiger partial charge in [-0.1, -0.05) is 35.1 Å². The fourth-order valence-corrected chi connectivity index (χ4v) is 5.53. The molecule has 0 radical (unpaired) electrons. The topological polar surface area (TPSA) is 89.0 Å². The van der Waals surface area contributed by atoms with Crippen LogP contribution in [0.3, 0.4) is 0 Å². The molecule has 0 aliphatic heterocycles. The van der Waals surface area contributed by atoms with Crippen molar-refractivity contribution in [3.8, 4) is 0 Å². The predicted octanol–water partition coefficient (Wildman–Crippen LogP) is 3.87. The number of hydrogen-bond acceptors (Lipinski definition) is 6. The highest BCUT2D eigenvalue weighted by Gasteiger charge is 2.25. The normalized spacial score (nSPS) is 11.4. The van der Waals surface area contributed by atoms with Crippen LogP contribution in [0.5, 0.6) is 0 Å². The SMILES string of the molecule is Cc1nc(NC(=O)c2ccccn2)sc1S(=O)(=O)Cc1c(F)cccc1Cl. The molecular weight excluding hydrogens is 413 g/mol. The van der Waals surface area contributed by atoms with Crippen LogP contribution in [0.1, 0.15) is 21.7 Å². The first-order valence-corrected chi connectivity index (χ1v) is 10.5. The molecule has 1 amide bonds. The molecule has 6 nitrogen and oxygen atoms in total. The van der Waals surface area contributed by atoms with Crippen molar-refractivity contribution in [3.05, 3.63) is 70.4 Å². The van der Waals surface area contributed by atoms with E-state index in [4.69, 9.17) is 11.6 Å². The van der Waals surface area contributed by atoms with Crippen molar-refractivity contribution in [3.63, 3.8) is 0 Å². The fourth-order valence-electron chi connectivity index (χ4n) is 2.31. The molecule has 0 aliphatic rings. The number of halogens is 2. The van der Waals surface area contributed by atoms with E-state index >= 15 is 0 Å². The zero-order chi connectivity index (χ0) is 19.6. The first kappa shape index (κ1) is 19.4. The molecule has 3 aromatic rings. The molecule has 3 rings (SSSR count). The minimum absolute atomic E-state index is 0.0319. The van der Waals surface area contributed by atoms with Crippen LogP contribution >= 0.6 is 22.9 Å². The predicted molar refractivity (Wildman–Crippen MR) is 101 cm³/mol. The summed E-state index contributed by atoms with van der Waals surface area (Å²) in [6.45, 7) is 1.50. The summed E-state index contributed by atoms with van der Waals surface area (Å²) in [6.07, 6.45) is 1.47. The second kappa shape index (κ2) is 7.71. The van der Waals surface area contributed by atoms with Crippen molar-refractivity contribution in [1.29, 1.82) is 0 Å². The van der Waals surface area contributed by atoms with Crippen molar-refractivity contribution in [2.24, 2.45) is 0 Å². The molecule has 10 heteroatoms. The minimum Gasteiger partial charge on any atom is -0.296 e. The number of amides is 1. The number of carbonyl (C=O) groups excluding carboxylic acids is 1. The molecule has 2 heterocycles. The van der Waals surface area contributed by atoms with E-state index in [0.29, 0.717) is 0 Å². The number of aryl methyl sites for hydroxylation is 1. The highest BCUT2D eigenvalue weighted by molar-refractivity contribution is 7.92. The Bertz CT molecular complexity index is 1080. The molecule has 140 valence electrons. The van der Waals surface area contributed by atoms with Crippen molar-refractivity contribution in [2.75, 3.05) is 5.32 Å².